The minimum absolute atomic E-state index is 0.0692. The number of nitrogens with zero attached hydrogens (tertiary/aromatic N) is 4. The predicted molar refractivity (Wildman–Crippen MR) is 61.9 cm³/mol. The average Bonchev–Trinajstić information content (AvgIpc) is 2.59. The number of nitrogen functional groups attached to an aromatic ring is 2. The van der Waals surface area contributed by atoms with Crippen LogP contribution in [0.3, 0.4) is 0 Å². The van der Waals surface area contributed by atoms with Gasteiger partial charge in [0, 0.05) is 24.9 Å². The molecule has 0 aliphatic heterocycles. The van der Waals surface area contributed by atoms with Crippen LogP contribution in [0.25, 0.3) is 11.4 Å². The number of nitro benzene ring substituents is 1. The number of anilines is 2. The Morgan fingerprint density at radius 1 is 1.41 bits per heavy atom. The van der Waals surface area contributed by atoms with Gasteiger partial charge >= 0.3 is 0 Å². The summed E-state index contributed by atoms with van der Waals surface area (Å²) >= 11 is 0. The van der Waals surface area contributed by atoms with Crippen molar-refractivity contribution in [2.45, 2.75) is 0 Å². The summed E-state index contributed by atoms with van der Waals surface area (Å²) in [5.41, 5.74) is 12.0. The highest BCUT2D eigenvalue weighted by molar-refractivity contribution is 5.74. The Hall–Kier alpha value is -2.64. The minimum atomic E-state index is -0.505. The number of nitro groups is 1. The maximum absolute atomic E-state index is 10.7. The lowest BCUT2D eigenvalue weighted by Crippen LogP contribution is -1.97. The zero-order valence-electron chi connectivity index (χ0n) is 8.99. The Labute approximate surface area is 96.0 Å². The van der Waals surface area contributed by atoms with Gasteiger partial charge in [0.25, 0.3) is 5.69 Å². The topological polar surface area (TPSA) is 126 Å². The van der Waals surface area contributed by atoms with Crippen LogP contribution < -0.4 is 11.5 Å². The summed E-state index contributed by atoms with van der Waals surface area (Å²) in [6.07, 6.45) is 0. The second-order valence-electron chi connectivity index (χ2n) is 3.45. The molecular weight excluding hydrogens is 224 g/mol. The lowest BCUT2D eigenvalue weighted by molar-refractivity contribution is -0.384. The number of hydrogen-bond donors (Lipinski definition) is 2. The molecule has 0 radical (unpaired) electrons. The third kappa shape index (κ3) is 1.87. The Morgan fingerprint density at radius 3 is 2.65 bits per heavy atom. The van der Waals surface area contributed by atoms with E-state index in [2.05, 4.69) is 10.1 Å². The van der Waals surface area contributed by atoms with Gasteiger partial charge < -0.3 is 11.5 Å². The summed E-state index contributed by atoms with van der Waals surface area (Å²) in [6.45, 7) is 0. The Balaban J connectivity index is 2.57. The number of aromatic nitrogens is 3. The summed E-state index contributed by atoms with van der Waals surface area (Å²) in [4.78, 5) is 14.1. The molecule has 1 aromatic heterocycles. The Bertz CT molecular complexity index is 572. The lowest BCUT2D eigenvalue weighted by Gasteiger charge is -2.00. The van der Waals surface area contributed by atoms with Gasteiger partial charge in [0.2, 0.25) is 5.95 Å². The fourth-order valence-corrected chi connectivity index (χ4v) is 1.36. The molecule has 0 unspecified atom stereocenters. The molecule has 2 rings (SSSR count). The second-order valence-corrected chi connectivity index (χ2v) is 3.45. The van der Waals surface area contributed by atoms with Crippen molar-refractivity contribution in [3.05, 3.63) is 28.3 Å². The van der Waals surface area contributed by atoms with Gasteiger partial charge in [-0.3, -0.25) is 10.1 Å². The van der Waals surface area contributed by atoms with E-state index in [4.69, 9.17) is 11.5 Å². The standard InChI is InChI=1S/C9H10N6O2/c1-14-9(11)12-8(13-14)6-4-5(15(16)17)2-3-7(6)10/h2-4H,10H2,1H3,(H2,11,12,13). The van der Waals surface area contributed by atoms with Crippen molar-refractivity contribution < 1.29 is 4.92 Å². The largest absolute Gasteiger partial charge is 0.398 e. The van der Waals surface area contributed by atoms with Crippen LogP contribution in [0, 0.1) is 10.1 Å². The highest BCUT2D eigenvalue weighted by Gasteiger charge is 2.14. The first kappa shape index (κ1) is 10.9. The van der Waals surface area contributed by atoms with Gasteiger partial charge in [-0.1, -0.05) is 0 Å². The fraction of sp³-hybridized carbons (Fsp3) is 0.111. The van der Waals surface area contributed by atoms with Crippen LogP contribution in [0.5, 0.6) is 0 Å². The highest BCUT2D eigenvalue weighted by atomic mass is 16.6. The normalized spacial score (nSPS) is 10.4. The average molecular weight is 234 g/mol. The first-order chi connectivity index (χ1) is 7.99. The molecule has 0 saturated carbocycles. The third-order valence-electron chi connectivity index (χ3n) is 2.29. The monoisotopic (exact) mass is 234 g/mol. The van der Waals surface area contributed by atoms with Crippen LogP contribution >= 0.6 is 0 Å². The highest BCUT2D eigenvalue weighted by Crippen LogP contribution is 2.27. The van der Waals surface area contributed by atoms with Gasteiger partial charge in [-0.15, -0.1) is 5.10 Å². The number of aryl methyl sites for hydroxylation is 1. The van der Waals surface area contributed by atoms with Gasteiger partial charge in [0.05, 0.1) is 10.5 Å². The van der Waals surface area contributed by atoms with Crippen molar-refractivity contribution in [3.8, 4) is 11.4 Å². The summed E-state index contributed by atoms with van der Waals surface area (Å²) in [7, 11) is 1.62. The van der Waals surface area contributed by atoms with Crippen LogP contribution in [0.15, 0.2) is 18.2 Å². The number of benzene rings is 1. The summed E-state index contributed by atoms with van der Waals surface area (Å²) < 4.78 is 1.37. The molecule has 1 heterocycles. The quantitative estimate of drug-likeness (QED) is 0.444. The van der Waals surface area contributed by atoms with Gasteiger partial charge in [-0.2, -0.15) is 4.98 Å². The van der Waals surface area contributed by atoms with Crippen LogP contribution in [0.1, 0.15) is 0 Å². The molecule has 88 valence electrons. The van der Waals surface area contributed by atoms with E-state index in [1.165, 1.54) is 22.9 Å². The van der Waals surface area contributed by atoms with Crippen molar-refractivity contribution in [1.29, 1.82) is 0 Å². The van der Waals surface area contributed by atoms with E-state index < -0.39 is 4.92 Å². The Kier molecular flexibility index (Phi) is 2.39. The maximum Gasteiger partial charge on any atom is 0.270 e. The first-order valence-electron chi connectivity index (χ1n) is 4.70. The summed E-state index contributed by atoms with van der Waals surface area (Å²) in [5.74, 6) is 0.483. The minimum Gasteiger partial charge on any atom is -0.398 e. The van der Waals surface area contributed by atoms with E-state index in [-0.39, 0.29) is 17.5 Å². The van der Waals surface area contributed by atoms with Crippen LogP contribution in [-0.2, 0) is 7.05 Å². The van der Waals surface area contributed by atoms with Crippen molar-refractivity contribution >= 4 is 17.3 Å². The zero-order valence-corrected chi connectivity index (χ0v) is 8.99. The van der Waals surface area contributed by atoms with Gasteiger partial charge in [-0.25, -0.2) is 4.68 Å². The van der Waals surface area contributed by atoms with Gasteiger partial charge in [-0.05, 0) is 6.07 Å². The first-order valence-corrected chi connectivity index (χ1v) is 4.70. The second kappa shape index (κ2) is 3.74. The molecule has 8 heteroatoms. The van der Waals surface area contributed by atoms with Crippen molar-refractivity contribution in [2.24, 2.45) is 7.05 Å². The van der Waals surface area contributed by atoms with Gasteiger partial charge in [0.15, 0.2) is 5.82 Å². The number of non-ortho nitro benzene ring substituents is 1. The van der Waals surface area contributed by atoms with Crippen molar-refractivity contribution in [2.75, 3.05) is 11.5 Å². The van der Waals surface area contributed by atoms with Crippen LogP contribution in [0.4, 0.5) is 17.3 Å². The molecule has 0 fully saturated rings. The van der Waals surface area contributed by atoms with Gasteiger partial charge in [0.1, 0.15) is 0 Å². The van der Waals surface area contributed by atoms with E-state index in [1.807, 2.05) is 0 Å². The molecule has 0 bridgehead atoms. The fourth-order valence-electron chi connectivity index (χ4n) is 1.36. The molecule has 0 spiro atoms. The number of nitrogens with two attached hydrogens (primary N) is 2. The third-order valence-corrected chi connectivity index (χ3v) is 2.29. The van der Waals surface area contributed by atoms with Crippen molar-refractivity contribution in [1.82, 2.24) is 14.8 Å². The number of hydrogen-bond acceptors (Lipinski definition) is 6. The Morgan fingerprint density at radius 2 is 2.12 bits per heavy atom. The number of rotatable bonds is 2. The molecule has 8 nitrogen and oxygen atoms in total. The van der Waals surface area contributed by atoms with Crippen LogP contribution in [0.2, 0.25) is 0 Å². The summed E-state index contributed by atoms with van der Waals surface area (Å²) in [6, 6.07) is 4.09. The smallest absolute Gasteiger partial charge is 0.270 e. The van der Waals surface area contributed by atoms with Crippen molar-refractivity contribution in [3.63, 3.8) is 0 Å². The molecule has 0 saturated heterocycles. The van der Waals surface area contributed by atoms with Crippen LogP contribution in [-0.4, -0.2) is 19.7 Å². The lowest BCUT2D eigenvalue weighted by atomic mass is 10.1. The van der Waals surface area contributed by atoms with E-state index in [0.29, 0.717) is 11.3 Å². The van der Waals surface area contributed by atoms with E-state index in [0.717, 1.165) is 0 Å². The zero-order chi connectivity index (χ0) is 12.6. The van der Waals surface area contributed by atoms with E-state index in [1.54, 1.807) is 7.05 Å². The molecule has 0 amide bonds. The molecule has 0 atom stereocenters. The molecule has 1 aromatic carbocycles. The molecule has 0 aliphatic carbocycles. The molecule has 0 aliphatic rings. The molecule has 2 aromatic rings. The predicted octanol–water partition coefficient (Wildman–Crippen LogP) is 0.555. The molecule has 4 N–H and O–H groups in total. The maximum atomic E-state index is 10.7. The molecular formula is C9H10N6O2. The summed E-state index contributed by atoms with van der Waals surface area (Å²) in [5, 5.41) is 14.7. The van der Waals surface area contributed by atoms with E-state index >= 15 is 0 Å². The SMILES string of the molecule is Cn1nc(-c2cc([N+](=O)[O-])ccc2N)nc1N. The van der Waals surface area contributed by atoms with E-state index in [9.17, 15) is 10.1 Å². The molecule has 17 heavy (non-hydrogen) atoms.